The van der Waals surface area contributed by atoms with Gasteiger partial charge in [0.25, 0.3) is 5.91 Å². The van der Waals surface area contributed by atoms with Gasteiger partial charge < -0.3 is 4.74 Å². The number of ether oxygens (including phenoxy) is 1. The molecule has 6 heteroatoms. The zero-order valence-electron chi connectivity index (χ0n) is 13.5. The van der Waals surface area contributed by atoms with Crippen LogP contribution in [-0.4, -0.2) is 18.4 Å². The number of nitrogens with zero attached hydrogens (tertiary/aromatic N) is 1. The second kappa shape index (κ2) is 7.35. The second-order valence-corrected chi connectivity index (χ2v) is 6.63. The van der Waals surface area contributed by atoms with Crippen molar-refractivity contribution in [3.8, 4) is 11.8 Å². The standard InChI is InChI=1S/C18H21N3O3/c19-10-14-3-1-2-4-16(14)24-11-18(23)21-20-17(22)9-15-8-12-5-6-13(15)7-12/h1-4,12-13,15H,5-9,11H2,(H,20,22)(H,21,23)/t12-,13-,15+/m1/s1. The van der Waals surface area contributed by atoms with Crippen LogP contribution in [0, 0.1) is 29.1 Å². The van der Waals surface area contributed by atoms with Gasteiger partial charge in [0.2, 0.25) is 5.91 Å². The van der Waals surface area contributed by atoms with Gasteiger partial charge in [-0.1, -0.05) is 18.6 Å². The molecule has 1 aromatic rings. The summed E-state index contributed by atoms with van der Waals surface area (Å²) < 4.78 is 5.31. The van der Waals surface area contributed by atoms with Gasteiger partial charge in [-0.15, -0.1) is 0 Å². The monoisotopic (exact) mass is 327 g/mol. The minimum atomic E-state index is -0.455. The van der Waals surface area contributed by atoms with Gasteiger partial charge in [-0.05, 0) is 49.1 Å². The Balaban J connectivity index is 1.38. The molecule has 6 nitrogen and oxygen atoms in total. The number of benzene rings is 1. The van der Waals surface area contributed by atoms with E-state index in [4.69, 9.17) is 10.00 Å². The smallest absolute Gasteiger partial charge is 0.276 e. The average molecular weight is 327 g/mol. The minimum Gasteiger partial charge on any atom is -0.482 e. The molecule has 3 atom stereocenters. The predicted octanol–water partition coefficient (Wildman–Crippen LogP) is 1.91. The lowest BCUT2D eigenvalue weighted by Crippen LogP contribution is -2.44. The van der Waals surface area contributed by atoms with Crippen molar-refractivity contribution in [1.29, 1.82) is 5.26 Å². The summed E-state index contributed by atoms with van der Waals surface area (Å²) in [5, 5.41) is 8.95. The van der Waals surface area contributed by atoms with E-state index >= 15 is 0 Å². The number of hydrogen-bond acceptors (Lipinski definition) is 4. The molecule has 24 heavy (non-hydrogen) atoms. The third kappa shape index (κ3) is 3.85. The van der Waals surface area contributed by atoms with E-state index in [1.165, 1.54) is 19.3 Å². The largest absolute Gasteiger partial charge is 0.482 e. The average Bonchev–Trinajstić information content (AvgIpc) is 3.21. The first kappa shape index (κ1) is 16.3. The number of para-hydroxylation sites is 1. The van der Waals surface area contributed by atoms with Crippen LogP contribution in [0.1, 0.15) is 37.7 Å². The summed E-state index contributed by atoms with van der Waals surface area (Å²) in [6, 6.07) is 8.69. The maximum Gasteiger partial charge on any atom is 0.276 e. The van der Waals surface area contributed by atoms with Crippen LogP contribution in [0.25, 0.3) is 0 Å². The number of carbonyl (C=O) groups is 2. The van der Waals surface area contributed by atoms with E-state index in [2.05, 4.69) is 10.9 Å². The van der Waals surface area contributed by atoms with E-state index in [0.717, 1.165) is 12.3 Å². The highest BCUT2D eigenvalue weighted by molar-refractivity contribution is 5.82. The number of hydrazine groups is 1. The Kier molecular flexibility index (Phi) is 4.99. The van der Waals surface area contributed by atoms with Gasteiger partial charge in [-0.2, -0.15) is 5.26 Å². The maximum atomic E-state index is 11.9. The molecule has 126 valence electrons. The van der Waals surface area contributed by atoms with Gasteiger partial charge in [-0.3, -0.25) is 20.4 Å². The van der Waals surface area contributed by atoms with E-state index < -0.39 is 5.91 Å². The van der Waals surface area contributed by atoms with E-state index in [-0.39, 0.29) is 12.5 Å². The molecule has 2 amide bonds. The highest BCUT2D eigenvalue weighted by Gasteiger charge is 2.40. The molecule has 2 bridgehead atoms. The molecule has 0 unspecified atom stereocenters. The van der Waals surface area contributed by atoms with Crippen molar-refractivity contribution in [2.45, 2.75) is 32.1 Å². The van der Waals surface area contributed by atoms with Gasteiger partial charge >= 0.3 is 0 Å². The summed E-state index contributed by atoms with van der Waals surface area (Å²) in [4.78, 5) is 23.7. The molecule has 0 heterocycles. The van der Waals surface area contributed by atoms with E-state index in [1.54, 1.807) is 24.3 Å². The number of carbonyl (C=O) groups excluding carboxylic acids is 2. The fourth-order valence-electron chi connectivity index (χ4n) is 3.92. The first-order valence-corrected chi connectivity index (χ1v) is 8.35. The molecule has 2 N–H and O–H groups in total. The van der Waals surface area contributed by atoms with Crippen LogP contribution in [0.2, 0.25) is 0 Å². The summed E-state index contributed by atoms with van der Waals surface area (Å²) in [7, 11) is 0. The minimum absolute atomic E-state index is 0.154. The molecule has 0 radical (unpaired) electrons. The Bertz CT molecular complexity index is 668. The Hall–Kier alpha value is -2.55. The van der Waals surface area contributed by atoms with E-state index in [0.29, 0.717) is 29.6 Å². The first-order chi connectivity index (χ1) is 11.7. The van der Waals surface area contributed by atoms with E-state index in [9.17, 15) is 9.59 Å². The third-order valence-electron chi connectivity index (χ3n) is 5.04. The molecule has 1 aromatic carbocycles. The van der Waals surface area contributed by atoms with Crippen molar-refractivity contribution < 1.29 is 14.3 Å². The topological polar surface area (TPSA) is 91.2 Å². The quantitative estimate of drug-likeness (QED) is 0.808. The van der Waals surface area contributed by atoms with Crippen LogP contribution >= 0.6 is 0 Å². The van der Waals surface area contributed by atoms with Crippen LogP contribution in [0.4, 0.5) is 0 Å². The Morgan fingerprint density at radius 1 is 1.17 bits per heavy atom. The Morgan fingerprint density at radius 3 is 2.67 bits per heavy atom. The van der Waals surface area contributed by atoms with Crippen LogP contribution < -0.4 is 15.6 Å². The van der Waals surface area contributed by atoms with Crippen LogP contribution in [-0.2, 0) is 9.59 Å². The molecular formula is C18H21N3O3. The molecule has 3 rings (SSSR count). The Morgan fingerprint density at radius 2 is 1.96 bits per heavy atom. The van der Waals surface area contributed by atoms with Crippen molar-refractivity contribution in [2.75, 3.05) is 6.61 Å². The fourth-order valence-corrected chi connectivity index (χ4v) is 3.92. The highest BCUT2D eigenvalue weighted by atomic mass is 16.5. The summed E-state index contributed by atoms with van der Waals surface area (Å²) >= 11 is 0. The SMILES string of the molecule is N#Cc1ccccc1OCC(=O)NNC(=O)C[C@@H]1C[C@@H]2CC[C@@H]1C2. The number of amides is 2. The lowest BCUT2D eigenvalue weighted by Gasteiger charge is -2.20. The van der Waals surface area contributed by atoms with Crippen molar-refractivity contribution in [3.05, 3.63) is 29.8 Å². The highest BCUT2D eigenvalue weighted by Crippen LogP contribution is 2.49. The van der Waals surface area contributed by atoms with Crippen LogP contribution in [0.3, 0.4) is 0 Å². The molecule has 2 saturated carbocycles. The number of hydrogen-bond donors (Lipinski definition) is 2. The molecular weight excluding hydrogens is 306 g/mol. The van der Waals surface area contributed by atoms with Crippen molar-refractivity contribution in [2.24, 2.45) is 17.8 Å². The zero-order valence-corrected chi connectivity index (χ0v) is 13.5. The molecule has 2 aliphatic carbocycles. The molecule has 0 aliphatic heterocycles. The summed E-state index contributed by atoms with van der Waals surface area (Å²) in [6.07, 6.45) is 5.41. The lowest BCUT2D eigenvalue weighted by atomic mass is 9.86. The number of nitrogens with one attached hydrogen (secondary N) is 2. The number of fused-ring (bicyclic) bond motifs is 2. The molecule has 2 fully saturated rings. The third-order valence-corrected chi connectivity index (χ3v) is 5.04. The maximum absolute atomic E-state index is 11.9. The van der Waals surface area contributed by atoms with Gasteiger partial charge in [0.1, 0.15) is 11.8 Å². The molecule has 2 aliphatic rings. The predicted molar refractivity (Wildman–Crippen MR) is 86.5 cm³/mol. The van der Waals surface area contributed by atoms with Crippen LogP contribution in [0.5, 0.6) is 5.75 Å². The second-order valence-electron chi connectivity index (χ2n) is 6.63. The summed E-state index contributed by atoms with van der Waals surface area (Å²) in [5.74, 6) is 1.68. The van der Waals surface area contributed by atoms with Gasteiger partial charge in [0.05, 0.1) is 5.56 Å². The molecule has 0 spiro atoms. The van der Waals surface area contributed by atoms with Crippen molar-refractivity contribution >= 4 is 11.8 Å². The lowest BCUT2D eigenvalue weighted by molar-refractivity contribution is -0.130. The van der Waals surface area contributed by atoms with Crippen molar-refractivity contribution in [1.82, 2.24) is 10.9 Å². The molecule has 0 saturated heterocycles. The Labute approximate surface area is 141 Å². The summed E-state index contributed by atoms with van der Waals surface area (Å²) in [6.45, 7) is -0.257. The summed E-state index contributed by atoms with van der Waals surface area (Å²) in [5.41, 5.74) is 5.18. The van der Waals surface area contributed by atoms with Crippen molar-refractivity contribution in [3.63, 3.8) is 0 Å². The number of rotatable bonds is 5. The zero-order chi connectivity index (χ0) is 16.9. The molecule has 0 aromatic heterocycles. The number of nitriles is 1. The first-order valence-electron chi connectivity index (χ1n) is 8.35. The van der Waals surface area contributed by atoms with E-state index in [1.807, 2.05) is 6.07 Å². The normalized spacial score (nSPS) is 24.2. The van der Waals surface area contributed by atoms with Gasteiger partial charge in [-0.25, -0.2) is 0 Å². The van der Waals surface area contributed by atoms with Crippen LogP contribution in [0.15, 0.2) is 24.3 Å². The van der Waals surface area contributed by atoms with Gasteiger partial charge in [0.15, 0.2) is 6.61 Å². The van der Waals surface area contributed by atoms with Gasteiger partial charge in [0, 0.05) is 6.42 Å². The fraction of sp³-hybridized carbons (Fsp3) is 0.500.